The smallest absolute Gasteiger partial charge is 0.263 e. The summed E-state index contributed by atoms with van der Waals surface area (Å²) >= 11 is 0. The van der Waals surface area contributed by atoms with Gasteiger partial charge in [0, 0.05) is 36.7 Å². The number of hydrogen-bond acceptors (Lipinski definition) is 5. The van der Waals surface area contributed by atoms with Gasteiger partial charge in [-0.05, 0) is 31.4 Å². The summed E-state index contributed by atoms with van der Waals surface area (Å²) in [5.74, 6) is 0.381. The normalized spacial score (nSPS) is 17.7. The maximum absolute atomic E-state index is 13.3. The van der Waals surface area contributed by atoms with E-state index in [4.69, 9.17) is 4.74 Å². The molecule has 7 heteroatoms. The van der Waals surface area contributed by atoms with Crippen LogP contribution < -0.4 is 5.56 Å². The van der Waals surface area contributed by atoms with Crippen molar-refractivity contribution in [2.45, 2.75) is 45.5 Å². The molecule has 1 atom stereocenters. The van der Waals surface area contributed by atoms with Crippen molar-refractivity contribution >= 4 is 5.91 Å². The van der Waals surface area contributed by atoms with E-state index in [-0.39, 0.29) is 23.1 Å². The van der Waals surface area contributed by atoms with Crippen LogP contribution in [0.2, 0.25) is 0 Å². The number of carbonyl (C=O) groups excluding carboxylic acids is 1. The molecule has 2 aliphatic heterocycles. The Morgan fingerprint density at radius 1 is 1.19 bits per heavy atom. The van der Waals surface area contributed by atoms with Crippen molar-refractivity contribution in [3.05, 3.63) is 81.5 Å². The second-order valence-electron chi connectivity index (χ2n) is 8.16. The molecule has 7 nitrogen and oxygen atoms in total. The van der Waals surface area contributed by atoms with E-state index in [0.29, 0.717) is 31.0 Å². The SMILES string of the molecule is Cc1ccn(CC2CCCO2)c(=O)c1C(=O)N1Cc2cnc(-c3ccccc3)nc2C1. The summed E-state index contributed by atoms with van der Waals surface area (Å²) in [5, 5.41) is 0. The first-order valence-electron chi connectivity index (χ1n) is 10.6. The zero-order chi connectivity index (χ0) is 21.4. The van der Waals surface area contributed by atoms with Gasteiger partial charge in [-0.1, -0.05) is 30.3 Å². The van der Waals surface area contributed by atoms with Crippen molar-refractivity contribution in [3.63, 3.8) is 0 Å². The van der Waals surface area contributed by atoms with Crippen LogP contribution in [0.5, 0.6) is 0 Å². The number of rotatable bonds is 4. The number of carbonyl (C=O) groups is 1. The molecule has 0 bridgehead atoms. The number of aromatic nitrogens is 3. The predicted molar refractivity (Wildman–Crippen MR) is 115 cm³/mol. The molecule has 5 rings (SSSR count). The molecular formula is C24H24N4O3. The second kappa shape index (κ2) is 8.07. The highest BCUT2D eigenvalue weighted by molar-refractivity contribution is 5.95. The van der Waals surface area contributed by atoms with Crippen LogP contribution in [0, 0.1) is 6.92 Å². The van der Waals surface area contributed by atoms with Gasteiger partial charge in [-0.15, -0.1) is 0 Å². The fourth-order valence-corrected chi connectivity index (χ4v) is 4.26. The summed E-state index contributed by atoms with van der Waals surface area (Å²) in [6.07, 6.45) is 5.52. The second-order valence-corrected chi connectivity index (χ2v) is 8.16. The van der Waals surface area contributed by atoms with Crippen molar-refractivity contribution in [2.24, 2.45) is 0 Å². The van der Waals surface area contributed by atoms with Crippen LogP contribution in [0.15, 0.2) is 53.6 Å². The molecule has 0 aliphatic carbocycles. The van der Waals surface area contributed by atoms with Gasteiger partial charge in [-0.2, -0.15) is 0 Å². The third kappa shape index (κ3) is 3.77. The van der Waals surface area contributed by atoms with Gasteiger partial charge in [0.25, 0.3) is 11.5 Å². The van der Waals surface area contributed by atoms with E-state index in [0.717, 1.165) is 36.3 Å². The summed E-state index contributed by atoms with van der Waals surface area (Å²) in [5.41, 5.74) is 3.34. The first kappa shape index (κ1) is 19.6. The van der Waals surface area contributed by atoms with E-state index >= 15 is 0 Å². The van der Waals surface area contributed by atoms with Gasteiger partial charge in [-0.3, -0.25) is 9.59 Å². The van der Waals surface area contributed by atoms with Gasteiger partial charge in [0.05, 0.1) is 24.9 Å². The maximum atomic E-state index is 13.3. The molecule has 0 N–H and O–H groups in total. The Morgan fingerprint density at radius 3 is 2.81 bits per heavy atom. The number of ether oxygens (including phenoxy) is 1. The van der Waals surface area contributed by atoms with E-state index < -0.39 is 0 Å². The van der Waals surface area contributed by atoms with Gasteiger partial charge in [-0.25, -0.2) is 9.97 Å². The van der Waals surface area contributed by atoms with Crippen LogP contribution in [0.25, 0.3) is 11.4 Å². The molecule has 1 fully saturated rings. The van der Waals surface area contributed by atoms with Crippen LogP contribution >= 0.6 is 0 Å². The summed E-state index contributed by atoms with van der Waals surface area (Å²) < 4.78 is 7.27. The van der Waals surface area contributed by atoms with E-state index in [1.807, 2.05) is 43.3 Å². The number of aryl methyl sites for hydroxylation is 1. The molecule has 31 heavy (non-hydrogen) atoms. The van der Waals surface area contributed by atoms with Gasteiger partial charge < -0.3 is 14.2 Å². The molecule has 0 saturated carbocycles. The standard InChI is InChI=1S/C24H24N4O3/c1-16-9-10-27(14-19-8-5-11-31-19)23(29)21(16)24(30)28-13-18-12-25-22(26-20(18)15-28)17-6-3-2-4-7-17/h2-4,6-7,9-10,12,19H,5,8,11,13-15H2,1H3. The molecule has 0 radical (unpaired) electrons. The highest BCUT2D eigenvalue weighted by Gasteiger charge is 2.29. The van der Waals surface area contributed by atoms with E-state index in [9.17, 15) is 9.59 Å². The minimum atomic E-state index is -0.261. The van der Waals surface area contributed by atoms with Crippen molar-refractivity contribution in [2.75, 3.05) is 6.61 Å². The van der Waals surface area contributed by atoms with Crippen LogP contribution in [0.3, 0.4) is 0 Å². The number of hydrogen-bond donors (Lipinski definition) is 0. The first-order chi connectivity index (χ1) is 15.1. The van der Waals surface area contributed by atoms with Crippen molar-refractivity contribution in [3.8, 4) is 11.4 Å². The van der Waals surface area contributed by atoms with E-state index in [2.05, 4.69) is 9.97 Å². The molecule has 2 aliphatic rings. The Hall–Kier alpha value is -3.32. The predicted octanol–water partition coefficient (Wildman–Crippen LogP) is 2.95. The summed E-state index contributed by atoms with van der Waals surface area (Å²) in [6, 6.07) is 11.6. The number of fused-ring (bicyclic) bond motifs is 1. The third-order valence-electron chi connectivity index (χ3n) is 5.99. The lowest BCUT2D eigenvalue weighted by atomic mass is 10.1. The van der Waals surface area contributed by atoms with E-state index in [1.165, 1.54) is 0 Å². The Bertz CT molecular complexity index is 1180. The number of nitrogens with zero attached hydrogens (tertiary/aromatic N) is 4. The van der Waals surface area contributed by atoms with Gasteiger partial charge >= 0.3 is 0 Å². The molecule has 1 unspecified atom stereocenters. The summed E-state index contributed by atoms with van der Waals surface area (Å²) in [4.78, 5) is 37.3. The maximum Gasteiger partial charge on any atom is 0.263 e. The molecule has 1 saturated heterocycles. The molecule has 1 aromatic carbocycles. The van der Waals surface area contributed by atoms with Crippen molar-refractivity contribution in [1.82, 2.24) is 19.4 Å². The fraction of sp³-hybridized carbons (Fsp3) is 0.333. The van der Waals surface area contributed by atoms with Crippen LogP contribution in [0.4, 0.5) is 0 Å². The monoisotopic (exact) mass is 416 g/mol. The average Bonchev–Trinajstić information content (AvgIpc) is 3.45. The van der Waals surface area contributed by atoms with Gasteiger partial charge in [0.15, 0.2) is 5.82 Å². The molecular weight excluding hydrogens is 392 g/mol. The van der Waals surface area contributed by atoms with Gasteiger partial charge in [0.2, 0.25) is 0 Å². The zero-order valence-electron chi connectivity index (χ0n) is 17.5. The minimum absolute atomic E-state index is 0.0334. The molecule has 0 spiro atoms. The highest BCUT2D eigenvalue weighted by atomic mass is 16.5. The topological polar surface area (TPSA) is 77.3 Å². The lowest BCUT2D eigenvalue weighted by molar-refractivity contribution is 0.0744. The van der Waals surface area contributed by atoms with Crippen LogP contribution in [0.1, 0.15) is 40.0 Å². The summed E-state index contributed by atoms with van der Waals surface area (Å²) in [7, 11) is 0. The number of pyridine rings is 1. The van der Waals surface area contributed by atoms with Crippen LogP contribution in [-0.2, 0) is 24.4 Å². The Balaban J connectivity index is 1.39. The quantitative estimate of drug-likeness (QED) is 0.654. The lowest BCUT2D eigenvalue weighted by Gasteiger charge is -2.18. The Morgan fingerprint density at radius 2 is 2.03 bits per heavy atom. The Kier molecular flexibility index (Phi) is 5.11. The van der Waals surface area contributed by atoms with E-state index in [1.54, 1.807) is 21.9 Å². The first-order valence-corrected chi connectivity index (χ1v) is 10.6. The average molecular weight is 416 g/mol. The zero-order valence-corrected chi connectivity index (χ0v) is 17.5. The largest absolute Gasteiger partial charge is 0.376 e. The fourth-order valence-electron chi connectivity index (χ4n) is 4.26. The van der Waals surface area contributed by atoms with Gasteiger partial charge in [0.1, 0.15) is 5.56 Å². The minimum Gasteiger partial charge on any atom is -0.376 e. The lowest BCUT2D eigenvalue weighted by Crippen LogP contribution is -2.36. The summed E-state index contributed by atoms with van der Waals surface area (Å²) in [6.45, 7) is 3.79. The molecule has 2 aromatic heterocycles. The number of amides is 1. The van der Waals surface area contributed by atoms with Crippen molar-refractivity contribution in [1.29, 1.82) is 0 Å². The highest BCUT2D eigenvalue weighted by Crippen LogP contribution is 2.25. The molecule has 158 valence electrons. The number of benzene rings is 1. The van der Waals surface area contributed by atoms with Crippen LogP contribution in [-0.4, -0.2) is 38.1 Å². The molecule has 4 heterocycles. The molecule has 1 amide bonds. The van der Waals surface area contributed by atoms with Crippen molar-refractivity contribution < 1.29 is 9.53 Å². The molecule has 3 aromatic rings. The third-order valence-corrected chi connectivity index (χ3v) is 5.99. The Labute approximate surface area is 180 Å².